The molecule has 0 bridgehead atoms. The van der Waals surface area contributed by atoms with E-state index < -0.39 is 0 Å². The molecule has 0 unspecified atom stereocenters. The number of rotatable bonds is 10. The molecule has 0 aliphatic carbocycles. The molecule has 3 aromatic rings. The fraction of sp³-hybridized carbons (Fsp3) is 0.458. The molecule has 7 nitrogen and oxygen atoms in total. The Morgan fingerprint density at radius 3 is 2.56 bits per heavy atom. The number of hydrogen-bond acceptors (Lipinski definition) is 7. The fourth-order valence-electron chi connectivity index (χ4n) is 3.97. The van der Waals surface area contributed by atoms with Crippen LogP contribution in [0.3, 0.4) is 0 Å². The van der Waals surface area contributed by atoms with E-state index in [1.165, 1.54) is 12.8 Å². The Labute approximate surface area is 195 Å². The van der Waals surface area contributed by atoms with Gasteiger partial charge in [-0.15, -0.1) is 0 Å². The van der Waals surface area contributed by atoms with Gasteiger partial charge in [0, 0.05) is 73.3 Å². The number of pyridine rings is 1. The maximum atomic E-state index is 6.07. The van der Waals surface area contributed by atoms with E-state index in [-0.39, 0.29) is 0 Å². The molecular formula is C24H32ClN7. The number of benzene rings is 1. The predicted octanol–water partition coefficient (Wildman–Crippen LogP) is 4.48. The molecule has 8 heteroatoms. The van der Waals surface area contributed by atoms with E-state index in [2.05, 4.69) is 30.8 Å². The van der Waals surface area contributed by atoms with Crippen LogP contribution in [0, 0.1) is 6.92 Å². The van der Waals surface area contributed by atoms with Gasteiger partial charge in [0.05, 0.1) is 5.52 Å². The van der Waals surface area contributed by atoms with E-state index in [1.807, 2.05) is 43.5 Å². The van der Waals surface area contributed by atoms with E-state index in [1.54, 1.807) is 0 Å². The Hall–Kier alpha value is -2.64. The van der Waals surface area contributed by atoms with E-state index >= 15 is 0 Å². The first-order valence-electron chi connectivity index (χ1n) is 11.5. The van der Waals surface area contributed by atoms with Crippen LogP contribution in [-0.4, -0.2) is 54.2 Å². The lowest BCUT2D eigenvalue weighted by atomic mass is 10.1. The standard InChI is InChI=1S/C24H32ClN7/c1-18-16-23(31-24(30-18)32-14-12-26-13-15-32)29-10-5-3-2-4-9-27-21-8-11-28-22-17-19(25)6-7-20(21)22/h6-8,11,16-17,26H,2-5,9-10,12-15H2,1H3,(H,27,28)(H,29,30,31). The maximum absolute atomic E-state index is 6.07. The van der Waals surface area contributed by atoms with Crippen molar-refractivity contribution < 1.29 is 0 Å². The third kappa shape index (κ3) is 6.20. The minimum absolute atomic E-state index is 0.716. The number of piperazine rings is 1. The van der Waals surface area contributed by atoms with Gasteiger partial charge in [0.15, 0.2) is 0 Å². The quantitative estimate of drug-likeness (QED) is 0.390. The topological polar surface area (TPSA) is 78.0 Å². The molecule has 1 aliphatic rings. The number of fused-ring (bicyclic) bond motifs is 1. The summed E-state index contributed by atoms with van der Waals surface area (Å²) < 4.78 is 0. The SMILES string of the molecule is Cc1cc(NCCCCCCNc2ccnc3cc(Cl)ccc23)nc(N2CCNCC2)n1. The van der Waals surface area contributed by atoms with Crippen LogP contribution in [0.1, 0.15) is 31.4 Å². The molecule has 0 radical (unpaired) electrons. The summed E-state index contributed by atoms with van der Waals surface area (Å²) in [6.45, 7) is 7.81. The van der Waals surface area contributed by atoms with Gasteiger partial charge in [-0.25, -0.2) is 4.98 Å². The van der Waals surface area contributed by atoms with Crippen molar-refractivity contribution in [3.63, 3.8) is 0 Å². The summed E-state index contributed by atoms with van der Waals surface area (Å²) in [6, 6.07) is 9.90. The molecule has 1 saturated heterocycles. The normalized spacial score (nSPS) is 14.0. The van der Waals surface area contributed by atoms with Crippen molar-refractivity contribution >= 4 is 40.0 Å². The molecule has 0 saturated carbocycles. The number of nitrogens with zero attached hydrogens (tertiary/aromatic N) is 4. The number of halogens is 1. The Kier molecular flexibility index (Phi) is 7.96. The largest absolute Gasteiger partial charge is 0.384 e. The first-order valence-corrected chi connectivity index (χ1v) is 11.9. The minimum atomic E-state index is 0.716. The van der Waals surface area contributed by atoms with Crippen LogP contribution in [0.15, 0.2) is 36.5 Å². The molecule has 2 aromatic heterocycles. The molecule has 3 heterocycles. The minimum Gasteiger partial charge on any atom is -0.384 e. The van der Waals surface area contributed by atoms with Gasteiger partial charge in [-0.05, 0) is 44.0 Å². The van der Waals surface area contributed by atoms with E-state index in [9.17, 15) is 0 Å². The second kappa shape index (κ2) is 11.3. The van der Waals surface area contributed by atoms with Gasteiger partial charge in [-0.2, -0.15) is 4.98 Å². The van der Waals surface area contributed by atoms with Crippen molar-refractivity contribution in [2.24, 2.45) is 0 Å². The average molecular weight is 454 g/mol. The Balaban J connectivity index is 1.15. The third-order valence-electron chi connectivity index (χ3n) is 5.67. The third-order valence-corrected chi connectivity index (χ3v) is 5.91. The molecular weight excluding hydrogens is 422 g/mol. The molecule has 1 aliphatic heterocycles. The highest BCUT2D eigenvalue weighted by Gasteiger charge is 2.14. The number of nitrogens with one attached hydrogen (secondary N) is 3. The lowest BCUT2D eigenvalue weighted by Gasteiger charge is -2.27. The van der Waals surface area contributed by atoms with Crippen LogP contribution in [0.2, 0.25) is 5.02 Å². The molecule has 0 amide bonds. The zero-order valence-corrected chi connectivity index (χ0v) is 19.5. The Bertz CT molecular complexity index is 1020. The van der Waals surface area contributed by atoms with Crippen LogP contribution in [-0.2, 0) is 0 Å². The summed E-state index contributed by atoms with van der Waals surface area (Å²) in [6.07, 6.45) is 6.48. The first kappa shape index (κ1) is 22.6. The van der Waals surface area contributed by atoms with Crippen molar-refractivity contribution in [2.75, 3.05) is 54.8 Å². The number of aromatic nitrogens is 3. The Morgan fingerprint density at radius 2 is 1.75 bits per heavy atom. The van der Waals surface area contributed by atoms with Crippen molar-refractivity contribution in [1.29, 1.82) is 0 Å². The lowest BCUT2D eigenvalue weighted by molar-refractivity contribution is 0.579. The van der Waals surface area contributed by atoms with E-state index in [0.29, 0.717) is 5.02 Å². The average Bonchev–Trinajstić information content (AvgIpc) is 2.81. The summed E-state index contributed by atoms with van der Waals surface area (Å²) in [7, 11) is 0. The van der Waals surface area contributed by atoms with Crippen LogP contribution >= 0.6 is 11.6 Å². The summed E-state index contributed by atoms with van der Waals surface area (Å²) in [5, 5.41) is 12.2. The predicted molar refractivity (Wildman–Crippen MR) is 134 cm³/mol. The summed E-state index contributed by atoms with van der Waals surface area (Å²) in [4.78, 5) is 16.0. The second-order valence-corrected chi connectivity index (χ2v) is 8.66. The van der Waals surface area contributed by atoms with Crippen LogP contribution in [0.5, 0.6) is 0 Å². The van der Waals surface area contributed by atoms with E-state index in [0.717, 1.165) is 86.2 Å². The number of aryl methyl sites for hydroxylation is 1. The zero-order valence-electron chi connectivity index (χ0n) is 18.7. The molecule has 4 rings (SSSR count). The number of anilines is 3. The molecule has 170 valence electrons. The number of unbranched alkanes of at least 4 members (excludes halogenated alkanes) is 3. The molecule has 0 spiro atoms. The highest BCUT2D eigenvalue weighted by Crippen LogP contribution is 2.24. The second-order valence-electron chi connectivity index (χ2n) is 8.22. The zero-order chi connectivity index (χ0) is 22.2. The summed E-state index contributed by atoms with van der Waals surface area (Å²) in [5.74, 6) is 1.77. The van der Waals surface area contributed by atoms with Crippen molar-refractivity contribution in [2.45, 2.75) is 32.6 Å². The fourth-order valence-corrected chi connectivity index (χ4v) is 4.13. The van der Waals surface area contributed by atoms with E-state index in [4.69, 9.17) is 16.6 Å². The van der Waals surface area contributed by atoms with Crippen LogP contribution in [0.25, 0.3) is 10.9 Å². The Morgan fingerprint density at radius 1 is 0.969 bits per heavy atom. The highest BCUT2D eigenvalue weighted by molar-refractivity contribution is 6.31. The monoisotopic (exact) mass is 453 g/mol. The lowest BCUT2D eigenvalue weighted by Crippen LogP contribution is -2.44. The smallest absolute Gasteiger partial charge is 0.227 e. The highest BCUT2D eigenvalue weighted by atomic mass is 35.5. The summed E-state index contributed by atoms with van der Waals surface area (Å²) in [5.41, 5.74) is 3.05. The van der Waals surface area contributed by atoms with Gasteiger partial charge in [0.2, 0.25) is 5.95 Å². The molecule has 1 fully saturated rings. The summed E-state index contributed by atoms with van der Waals surface area (Å²) >= 11 is 6.07. The van der Waals surface area contributed by atoms with Gasteiger partial charge in [0.25, 0.3) is 0 Å². The van der Waals surface area contributed by atoms with Gasteiger partial charge in [-0.1, -0.05) is 24.4 Å². The van der Waals surface area contributed by atoms with Crippen molar-refractivity contribution in [3.8, 4) is 0 Å². The van der Waals surface area contributed by atoms with Gasteiger partial charge in [-0.3, -0.25) is 4.98 Å². The first-order chi connectivity index (χ1) is 15.7. The molecule has 32 heavy (non-hydrogen) atoms. The molecule has 3 N–H and O–H groups in total. The van der Waals surface area contributed by atoms with Crippen LogP contribution < -0.4 is 20.9 Å². The van der Waals surface area contributed by atoms with Gasteiger partial charge in [0.1, 0.15) is 5.82 Å². The number of hydrogen-bond donors (Lipinski definition) is 3. The maximum Gasteiger partial charge on any atom is 0.227 e. The molecule has 0 atom stereocenters. The van der Waals surface area contributed by atoms with Crippen molar-refractivity contribution in [1.82, 2.24) is 20.3 Å². The van der Waals surface area contributed by atoms with Crippen molar-refractivity contribution in [3.05, 3.63) is 47.2 Å². The molecule has 1 aromatic carbocycles. The van der Waals surface area contributed by atoms with Gasteiger partial charge < -0.3 is 20.9 Å². The van der Waals surface area contributed by atoms with Crippen LogP contribution in [0.4, 0.5) is 17.5 Å². The van der Waals surface area contributed by atoms with Gasteiger partial charge >= 0.3 is 0 Å².